The summed E-state index contributed by atoms with van der Waals surface area (Å²) in [6, 6.07) is 4.78. The van der Waals surface area contributed by atoms with E-state index in [0.29, 0.717) is 10.7 Å². The van der Waals surface area contributed by atoms with Crippen molar-refractivity contribution in [3.05, 3.63) is 28.8 Å². The second-order valence-electron chi connectivity index (χ2n) is 5.82. The Bertz CT molecular complexity index is 597. The molecular formula is C15H18ClN3O2. The van der Waals surface area contributed by atoms with Gasteiger partial charge in [-0.1, -0.05) is 36.9 Å². The lowest BCUT2D eigenvalue weighted by Crippen LogP contribution is -2.48. The van der Waals surface area contributed by atoms with E-state index in [4.69, 9.17) is 17.3 Å². The highest BCUT2D eigenvalue weighted by Crippen LogP contribution is 2.34. The van der Waals surface area contributed by atoms with Gasteiger partial charge in [0.1, 0.15) is 5.54 Å². The predicted octanol–water partition coefficient (Wildman–Crippen LogP) is 2.68. The van der Waals surface area contributed by atoms with Crippen molar-refractivity contribution in [2.45, 2.75) is 44.2 Å². The van der Waals surface area contributed by atoms with Crippen LogP contribution in [0.1, 0.15) is 37.7 Å². The van der Waals surface area contributed by atoms with Crippen LogP contribution in [-0.2, 0) is 11.3 Å². The molecule has 0 unspecified atom stereocenters. The van der Waals surface area contributed by atoms with Crippen molar-refractivity contribution >= 4 is 29.2 Å². The largest absolute Gasteiger partial charge is 0.399 e. The maximum Gasteiger partial charge on any atom is 0.325 e. The number of halogens is 1. The average Bonchev–Trinajstić information content (AvgIpc) is 2.67. The molecule has 3 amide bonds. The third-order valence-electron chi connectivity index (χ3n) is 4.36. The molecule has 1 aromatic rings. The molecule has 3 N–H and O–H groups in total. The summed E-state index contributed by atoms with van der Waals surface area (Å²) in [6.07, 6.45) is 4.52. The van der Waals surface area contributed by atoms with Crippen molar-refractivity contribution in [3.8, 4) is 0 Å². The first-order valence-corrected chi connectivity index (χ1v) is 7.58. The van der Waals surface area contributed by atoms with Gasteiger partial charge in [-0.25, -0.2) is 4.79 Å². The molecule has 6 heteroatoms. The highest BCUT2D eigenvalue weighted by molar-refractivity contribution is 6.31. The molecule has 2 aliphatic rings. The van der Waals surface area contributed by atoms with Crippen LogP contribution in [-0.4, -0.2) is 22.4 Å². The van der Waals surface area contributed by atoms with E-state index < -0.39 is 5.54 Å². The number of imide groups is 1. The lowest BCUT2D eigenvalue weighted by Gasteiger charge is -2.30. The van der Waals surface area contributed by atoms with E-state index >= 15 is 0 Å². The van der Waals surface area contributed by atoms with E-state index in [9.17, 15) is 9.59 Å². The van der Waals surface area contributed by atoms with Crippen LogP contribution in [0.15, 0.2) is 18.2 Å². The smallest absolute Gasteiger partial charge is 0.325 e. The first-order chi connectivity index (χ1) is 10.0. The van der Waals surface area contributed by atoms with Gasteiger partial charge in [0.05, 0.1) is 6.54 Å². The summed E-state index contributed by atoms with van der Waals surface area (Å²) in [6.45, 7) is 0.186. The Morgan fingerprint density at radius 2 is 1.95 bits per heavy atom. The van der Waals surface area contributed by atoms with Crippen LogP contribution in [0.5, 0.6) is 0 Å². The van der Waals surface area contributed by atoms with Gasteiger partial charge in [-0.15, -0.1) is 0 Å². The molecule has 2 fully saturated rings. The van der Waals surface area contributed by atoms with E-state index in [2.05, 4.69) is 5.32 Å². The van der Waals surface area contributed by atoms with Gasteiger partial charge in [0.15, 0.2) is 0 Å². The normalized spacial score (nSPS) is 20.9. The molecule has 1 aliphatic heterocycles. The Morgan fingerprint density at radius 1 is 1.24 bits per heavy atom. The van der Waals surface area contributed by atoms with E-state index in [1.165, 1.54) is 4.90 Å². The van der Waals surface area contributed by atoms with Gasteiger partial charge < -0.3 is 11.1 Å². The van der Waals surface area contributed by atoms with E-state index in [1.807, 2.05) is 0 Å². The number of carbonyl (C=O) groups is 2. The number of hydrogen-bond donors (Lipinski definition) is 2. The first kappa shape index (κ1) is 14.2. The lowest BCUT2D eigenvalue weighted by atomic mass is 9.82. The lowest BCUT2D eigenvalue weighted by molar-refractivity contribution is -0.132. The second-order valence-corrected chi connectivity index (χ2v) is 6.22. The number of nitrogen functional groups attached to an aromatic ring is 1. The molecule has 1 heterocycles. The Morgan fingerprint density at radius 3 is 2.62 bits per heavy atom. The minimum absolute atomic E-state index is 0.125. The quantitative estimate of drug-likeness (QED) is 0.651. The zero-order valence-electron chi connectivity index (χ0n) is 11.7. The van der Waals surface area contributed by atoms with Gasteiger partial charge in [0.2, 0.25) is 0 Å². The molecule has 0 atom stereocenters. The van der Waals surface area contributed by atoms with Crippen LogP contribution in [0.2, 0.25) is 5.02 Å². The number of rotatable bonds is 2. The summed E-state index contributed by atoms with van der Waals surface area (Å²) in [5.41, 5.74) is 6.26. The number of benzene rings is 1. The SMILES string of the molecule is Nc1ccc(CN2C(=O)NC3(CCCCC3)C2=O)c(Cl)c1. The van der Waals surface area contributed by atoms with Gasteiger partial charge in [-0.3, -0.25) is 9.69 Å². The van der Waals surface area contributed by atoms with Crippen LogP contribution in [0.25, 0.3) is 0 Å². The average molecular weight is 308 g/mol. The number of nitrogens with two attached hydrogens (primary N) is 1. The summed E-state index contributed by atoms with van der Waals surface area (Å²) < 4.78 is 0. The van der Waals surface area contributed by atoms with Crippen molar-refractivity contribution in [3.63, 3.8) is 0 Å². The third kappa shape index (κ3) is 2.46. The maximum absolute atomic E-state index is 12.7. The highest BCUT2D eigenvalue weighted by atomic mass is 35.5. The Kier molecular flexibility index (Phi) is 3.53. The van der Waals surface area contributed by atoms with Gasteiger partial charge in [0, 0.05) is 10.7 Å². The van der Waals surface area contributed by atoms with Crippen LogP contribution >= 0.6 is 11.6 Å². The summed E-state index contributed by atoms with van der Waals surface area (Å²) in [7, 11) is 0. The summed E-state index contributed by atoms with van der Waals surface area (Å²) >= 11 is 6.13. The molecule has 1 saturated heterocycles. The zero-order chi connectivity index (χ0) is 15.0. The van der Waals surface area contributed by atoms with E-state index in [0.717, 1.165) is 37.7 Å². The Hall–Kier alpha value is -1.75. The predicted molar refractivity (Wildman–Crippen MR) is 80.8 cm³/mol. The molecule has 0 aromatic heterocycles. The molecular weight excluding hydrogens is 290 g/mol. The highest BCUT2D eigenvalue weighted by Gasteiger charge is 2.51. The van der Waals surface area contributed by atoms with Crippen molar-refractivity contribution in [2.75, 3.05) is 5.73 Å². The Labute approximate surface area is 128 Å². The zero-order valence-corrected chi connectivity index (χ0v) is 12.4. The van der Waals surface area contributed by atoms with Gasteiger partial charge in [-0.2, -0.15) is 0 Å². The number of nitrogens with one attached hydrogen (secondary N) is 1. The maximum atomic E-state index is 12.7. The van der Waals surface area contributed by atoms with Crippen LogP contribution in [0.4, 0.5) is 10.5 Å². The number of urea groups is 1. The Balaban J connectivity index is 1.82. The summed E-state index contributed by atoms with van der Waals surface area (Å²) in [5, 5.41) is 3.36. The molecule has 1 spiro atoms. The number of anilines is 1. The van der Waals surface area contributed by atoms with Crippen LogP contribution in [0.3, 0.4) is 0 Å². The molecule has 21 heavy (non-hydrogen) atoms. The fraction of sp³-hybridized carbons (Fsp3) is 0.467. The fourth-order valence-corrected chi connectivity index (χ4v) is 3.42. The molecule has 1 saturated carbocycles. The number of carbonyl (C=O) groups excluding carboxylic acids is 2. The number of hydrogen-bond acceptors (Lipinski definition) is 3. The van der Waals surface area contributed by atoms with Crippen LogP contribution in [0, 0.1) is 0 Å². The van der Waals surface area contributed by atoms with Gasteiger partial charge in [-0.05, 0) is 30.5 Å². The molecule has 0 bridgehead atoms. The van der Waals surface area contributed by atoms with Gasteiger partial charge >= 0.3 is 6.03 Å². The molecule has 3 rings (SSSR count). The molecule has 1 aromatic carbocycles. The molecule has 0 radical (unpaired) electrons. The van der Waals surface area contributed by atoms with Crippen molar-refractivity contribution < 1.29 is 9.59 Å². The molecule has 1 aliphatic carbocycles. The molecule has 112 valence electrons. The van der Waals surface area contributed by atoms with Crippen molar-refractivity contribution in [1.29, 1.82) is 0 Å². The number of nitrogens with zero attached hydrogens (tertiary/aromatic N) is 1. The minimum atomic E-state index is -0.685. The first-order valence-electron chi connectivity index (χ1n) is 7.20. The van der Waals surface area contributed by atoms with Crippen molar-refractivity contribution in [2.24, 2.45) is 0 Å². The second kappa shape index (κ2) is 5.22. The van der Waals surface area contributed by atoms with Crippen LogP contribution < -0.4 is 11.1 Å². The summed E-state index contributed by atoms with van der Waals surface area (Å²) in [4.78, 5) is 26.1. The third-order valence-corrected chi connectivity index (χ3v) is 4.71. The van der Waals surface area contributed by atoms with Gasteiger partial charge in [0.25, 0.3) is 5.91 Å². The number of amides is 3. The standard InChI is InChI=1S/C15H18ClN3O2/c16-12-8-11(17)5-4-10(12)9-19-13(20)15(18-14(19)21)6-2-1-3-7-15/h4-5,8H,1-3,6-7,9,17H2,(H,18,21). The topological polar surface area (TPSA) is 75.4 Å². The van der Waals surface area contributed by atoms with E-state index in [-0.39, 0.29) is 18.5 Å². The summed E-state index contributed by atoms with van der Waals surface area (Å²) in [5.74, 6) is -0.125. The molecule has 5 nitrogen and oxygen atoms in total. The minimum Gasteiger partial charge on any atom is -0.399 e. The van der Waals surface area contributed by atoms with E-state index in [1.54, 1.807) is 18.2 Å². The fourth-order valence-electron chi connectivity index (χ4n) is 3.18. The van der Waals surface area contributed by atoms with Crippen molar-refractivity contribution in [1.82, 2.24) is 10.2 Å². The monoisotopic (exact) mass is 307 g/mol.